The molecule has 3 saturated heterocycles. The molecule has 1 unspecified atom stereocenters. The molecule has 7 nitrogen and oxygen atoms in total. The van der Waals surface area contributed by atoms with E-state index in [4.69, 9.17) is 29.1 Å². The summed E-state index contributed by atoms with van der Waals surface area (Å²) in [6.45, 7) is 7.33. The molecule has 9 heteroatoms. The van der Waals surface area contributed by atoms with Gasteiger partial charge in [0.25, 0.3) is 5.91 Å². The second kappa shape index (κ2) is 7.15. The van der Waals surface area contributed by atoms with E-state index >= 15 is 0 Å². The van der Waals surface area contributed by atoms with Gasteiger partial charge in [-0.15, -0.1) is 0 Å². The van der Waals surface area contributed by atoms with Crippen molar-refractivity contribution in [3.8, 4) is 6.07 Å². The Morgan fingerprint density at radius 2 is 2.14 bits per heavy atom. The highest BCUT2D eigenvalue weighted by atomic mass is 35.5. The number of benzene rings is 1. The minimum absolute atomic E-state index is 0.0422. The molecule has 0 radical (unpaired) electrons. The van der Waals surface area contributed by atoms with Gasteiger partial charge >= 0.3 is 6.03 Å². The van der Waals surface area contributed by atoms with Crippen LogP contribution in [0.5, 0.6) is 0 Å². The van der Waals surface area contributed by atoms with Crippen LogP contribution in [-0.2, 0) is 4.79 Å². The quantitative estimate of drug-likeness (QED) is 0.585. The highest BCUT2D eigenvalue weighted by molar-refractivity contribution is 7.80. The molecule has 2 bridgehead atoms. The molecule has 4 rings (SSSR count). The van der Waals surface area contributed by atoms with Gasteiger partial charge in [0.1, 0.15) is 12.1 Å². The first-order chi connectivity index (χ1) is 13.8. The van der Waals surface area contributed by atoms with Crippen molar-refractivity contribution < 1.29 is 9.59 Å². The lowest BCUT2D eigenvalue weighted by Gasteiger charge is -2.36. The molecule has 0 saturated carbocycles. The number of carbonyl (C=O) groups is 2. The summed E-state index contributed by atoms with van der Waals surface area (Å²) in [5.74, 6) is 0.196. The lowest BCUT2D eigenvalue weighted by molar-refractivity contribution is -0.120. The van der Waals surface area contributed by atoms with Gasteiger partial charge in [0.2, 0.25) is 0 Å². The van der Waals surface area contributed by atoms with Crippen LogP contribution in [0, 0.1) is 24.2 Å². The Hall–Kier alpha value is -2.37. The summed E-state index contributed by atoms with van der Waals surface area (Å²) in [7, 11) is 0. The molecule has 0 aliphatic carbocycles. The Morgan fingerprint density at radius 3 is 2.79 bits per heavy atom. The van der Waals surface area contributed by atoms with Crippen LogP contribution in [0.25, 0.3) is 0 Å². The normalized spacial score (nSPS) is 25.1. The van der Waals surface area contributed by atoms with Crippen molar-refractivity contribution in [2.45, 2.75) is 45.3 Å². The zero-order valence-corrected chi connectivity index (χ0v) is 18.0. The Labute approximate surface area is 180 Å². The molecule has 1 aromatic carbocycles. The van der Waals surface area contributed by atoms with Crippen molar-refractivity contribution in [3.05, 3.63) is 28.3 Å². The van der Waals surface area contributed by atoms with Crippen molar-refractivity contribution in [1.82, 2.24) is 15.1 Å². The third-order valence-corrected chi connectivity index (χ3v) is 6.77. The Kier molecular flexibility index (Phi) is 4.91. The number of hydrogen-bond acceptors (Lipinski definition) is 4. The fourth-order valence-corrected chi connectivity index (χ4v) is 5.00. The van der Waals surface area contributed by atoms with Gasteiger partial charge in [-0.05, 0) is 49.2 Å². The van der Waals surface area contributed by atoms with Gasteiger partial charge in [0.15, 0.2) is 5.11 Å². The summed E-state index contributed by atoms with van der Waals surface area (Å²) in [5, 5.41) is 13.3. The number of amides is 3. The number of nitriles is 1. The number of thiocarbonyl (C=S) groups is 1. The largest absolute Gasteiger partial charge is 0.362 e. The molecule has 0 aromatic heterocycles. The highest BCUT2D eigenvalue weighted by Crippen LogP contribution is 2.43. The van der Waals surface area contributed by atoms with E-state index in [9.17, 15) is 9.59 Å². The van der Waals surface area contributed by atoms with Crippen LogP contribution >= 0.6 is 23.8 Å². The molecule has 3 fully saturated rings. The van der Waals surface area contributed by atoms with E-state index in [0.29, 0.717) is 34.4 Å². The van der Waals surface area contributed by atoms with Gasteiger partial charge in [0, 0.05) is 13.1 Å². The number of hydrogen-bond donors (Lipinski definition) is 1. The first kappa shape index (κ1) is 19.9. The zero-order chi connectivity index (χ0) is 21.0. The molecule has 0 spiro atoms. The number of fused-ring (bicyclic) bond motifs is 5. The fourth-order valence-electron chi connectivity index (χ4n) is 4.51. The molecule has 3 aliphatic heterocycles. The Morgan fingerprint density at radius 1 is 1.41 bits per heavy atom. The highest BCUT2D eigenvalue weighted by Gasteiger charge is 2.62. The van der Waals surface area contributed by atoms with Crippen LogP contribution in [0.15, 0.2) is 12.1 Å². The number of carbonyl (C=O) groups excluding carboxylic acids is 2. The smallest absolute Gasteiger partial charge is 0.332 e. The van der Waals surface area contributed by atoms with E-state index in [2.05, 4.69) is 24.1 Å². The monoisotopic (exact) mass is 431 g/mol. The number of urea groups is 1. The molecule has 152 valence electrons. The average molecular weight is 432 g/mol. The SMILES string of the molecule is Cc1c(N2C(=O)[C@@H]3C4C[C@H](CN4C(=S)NCC(C)C)N3C2=O)ccc(C#N)c1Cl. The molecular formula is C20H22ClN5O2S. The maximum atomic E-state index is 13.3. The van der Waals surface area contributed by atoms with Crippen molar-refractivity contribution in [1.29, 1.82) is 5.26 Å². The summed E-state index contributed by atoms with van der Waals surface area (Å²) in [6, 6.07) is 4.15. The lowest BCUT2D eigenvalue weighted by Crippen LogP contribution is -2.57. The number of imide groups is 1. The van der Waals surface area contributed by atoms with Crippen LogP contribution in [-0.4, -0.2) is 58.1 Å². The van der Waals surface area contributed by atoms with Crippen LogP contribution in [0.3, 0.4) is 0 Å². The van der Waals surface area contributed by atoms with Gasteiger partial charge in [-0.1, -0.05) is 25.4 Å². The van der Waals surface area contributed by atoms with Crippen molar-refractivity contribution in [2.75, 3.05) is 18.0 Å². The molecule has 3 aliphatic rings. The molecule has 3 atom stereocenters. The Balaban J connectivity index is 1.61. The van der Waals surface area contributed by atoms with E-state index < -0.39 is 6.04 Å². The van der Waals surface area contributed by atoms with E-state index in [-0.39, 0.29) is 29.0 Å². The fraction of sp³-hybridized carbons (Fsp3) is 0.500. The lowest BCUT2D eigenvalue weighted by atomic mass is 10.1. The standard InChI is InChI=1S/C20H22ClN5O2S/c1-10(2)8-23-19(29)24-9-13-6-15(24)17-18(27)26(20(28)25(13)17)14-5-4-12(7-22)16(21)11(14)3/h4-5,10,13,15,17H,6,8-9H2,1-3H3,(H,23,29)/t13-,15?,17+/m1/s1. The first-order valence-electron chi connectivity index (χ1n) is 9.66. The predicted octanol–water partition coefficient (Wildman–Crippen LogP) is 2.64. The molecular weight excluding hydrogens is 410 g/mol. The van der Waals surface area contributed by atoms with E-state index in [1.807, 2.05) is 6.07 Å². The van der Waals surface area contributed by atoms with Crippen molar-refractivity contribution in [2.24, 2.45) is 5.92 Å². The number of nitrogens with one attached hydrogen (secondary N) is 1. The predicted molar refractivity (Wildman–Crippen MR) is 114 cm³/mol. The summed E-state index contributed by atoms with van der Waals surface area (Å²) in [5.41, 5.74) is 1.30. The van der Waals surface area contributed by atoms with E-state index in [0.717, 1.165) is 13.0 Å². The van der Waals surface area contributed by atoms with Crippen molar-refractivity contribution in [3.63, 3.8) is 0 Å². The molecule has 3 heterocycles. The molecule has 29 heavy (non-hydrogen) atoms. The van der Waals surface area contributed by atoms with Gasteiger partial charge in [-0.2, -0.15) is 5.26 Å². The second-order valence-corrected chi connectivity index (χ2v) is 8.95. The zero-order valence-electron chi connectivity index (χ0n) is 16.5. The van der Waals surface area contributed by atoms with E-state index in [1.54, 1.807) is 24.0 Å². The van der Waals surface area contributed by atoms with Crippen LogP contribution < -0.4 is 10.2 Å². The number of piperazine rings is 1. The topological polar surface area (TPSA) is 79.7 Å². The minimum Gasteiger partial charge on any atom is -0.362 e. The van der Waals surface area contributed by atoms with Gasteiger partial charge in [-0.3, -0.25) is 4.79 Å². The van der Waals surface area contributed by atoms with E-state index in [1.165, 1.54) is 4.90 Å². The maximum absolute atomic E-state index is 13.3. The first-order valence-corrected chi connectivity index (χ1v) is 10.4. The second-order valence-electron chi connectivity index (χ2n) is 8.18. The third-order valence-electron chi connectivity index (χ3n) is 5.91. The summed E-state index contributed by atoms with van der Waals surface area (Å²) in [6.07, 6.45) is 0.743. The molecule has 3 amide bonds. The number of nitrogens with zero attached hydrogens (tertiary/aromatic N) is 4. The summed E-state index contributed by atoms with van der Waals surface area (Å²) < 4.78 is 0. The molecule has 1 aromatic rings. The van der Waals surface area contributed by atoms with Gasteiger partial charge < -0.3 is 15.1 Å². The number of rotatable bonds is 3. The number of halogens is 1. The average Bonchev–Trinajstić information content (AvgIpc) is 3.34. The van der Waals surface area contributed by atoms with Crippen LogP contribution in [0.2, 0.25) is 5.02 Å². The van der Waals surface area contributed by atoms with Gasteiger partial charge in [-0.25, -0.2) is 9.69 Å². The molecule has 1 N–H and O–H groups in total. The van der Waals surface area contributed by atoms with Crippen LogP contribution in [0.4, 0.5) is 10.5 Å². The summed E-state index contributed by atoms with van der Waals surface area (Å²) >= 11 is 11.8. The Bertz CT molecular complexity index is 959. The minimum atomic E-state index is -0.547. The van der Waals surface area contributed by atoms with Gasteiger partial charge in [0.05, 0.1) is 28.4 Å². The number of anilines is 1. The third kappa shape index (κ3) is 2.95. The maximum Gasteiger partial charge on any atom is 0.332 e. The summed E-state index contributed by atoms with van der Waals surface area (Å²) in [4.78, 5) is 31.4. The van der Waals surface area contributed by atoms with Crippen LogP contribution in [0.1, 0.15) is 31.4 Å². The number of likely N-dealkylation sites (tertiary alicyclic amines) is 1. The van der Waals surface area contributed by atoms with Crippen molar-refractivity contribution >= 4 is 46.6 Å².